The van der Waals surface area contributed by atoms with Gasteiger partial charge in [0.1, 0.15) is 11.5 Å². The molecule has 5 heteroatoms. The summed E-state index contributed by atoms with van der Waals surface area (Å²) < 4.78 is 2.31. The first-order chi connectivity index (χ1) is 11.6. The van der Waals surface area contributed by atoms with Crippen LogP contribution in [0.25, 0.3) is 0 Å². The van der Waals surface area contributed by atoms with Crippen LogP contribution < -0.4 is 0 Å². The first-order valence-electron chi connectivity index (χ1n) is 8.79. The van der Waals surface area contributed by atoms with E-state index in [1.165, 1.54) is 5.69 Å². The lowest BCUT2D eigenvalue weighted by Crippen LogP contribution is -2.41. The van der Waals surface area contributed by atoms with Gasteiger partial charge in [0, 0.05) is 43.6 Å². The highest BCUT2D eigenvalue weighted by molar-refractivity contribution is 5.92. The minimum absolute atomic E-state index is 0.0451. The highest BCUT2D eigenvalue weighted by atomic mass is 16.2. The number of aromatic nitrogens is 3. The van der Waals surface area contributed by atoms with Gasteiger partial charge in [-0.3, -0.25) is 9.78 Å². The van der Waals surface area contributed by atoms with Gasteiger partial charge >= 0.3 is 0 Å². The van der Waals surface area contributed by atoms with Crippen LogP contribution in [-0.2, 0) is 6.42 Å². The number of imidazole rings is 1. The minimum Gasteiger partial charge on any atom is -0.337 e. The molecule has 0 bridgehead atoms. The van der Waals surface area contributed by atoms with E-state index in [4.69, 9.17) is 0 Å². The average Bonchev–Trinajstić information content (AvgIpc) is 2.96. The van der Waals surface area contributed by atoms with Crippen LogP contribution >= 0.6 is 0 Å². The maximum absolute atomic E-state index is 12.6. The monoisotopic (exact) mass is 326 g/mol. The van der Waals surface area contributed by atoms with Gasteiger partial charge in [-0.2, -0.15) is 0 Å². The van der Waals surface area contributed by atoms with Gasteiger partial charge in [0.2, 0.25) is 0 Å². The molecule has 128 valence electrons. The molecule has 1 saturated heterocycles. The molecule has 2 aromatic rings. The zero-order chi connectivity index (χ0) is 17.1. The fourth-order valence-corrected chi connectivity index (χ4v) is 3.68. The van der Waals surface area contributed by atoms with Crippen LogP contribution in [0, 0.1) is 12.8 Å². The maximum atomic E-state index is 12.6. The lowest BCUT2D eigenvalue weighted by molar-refractivity contribution is 0.0665. The van der Waals surface area contributed by atoms with Crippen molar-refractivity contribution in [1.82, 2.24) is 19.4 Å². The van der Waals surface area contributed by atoms with Crippen molar-refractivity contribution in [1.29, 1.82) is 0 Å². The number of aryl methyl sites for hydroxylation is 1. The molecular weight excluding hydrogens is 300 g/mol. The summed E-state index contributed by atoms with van der Waals surface area (Å²) in [6.07, 6.45) is 6.75. The first kappa shape index (κ1) is 16.7. The molecule has 0 aromatic carbocycles. The first-order valence-corrected chi connectivity index (χ1v) is 8.79. The highest BCUT2D eigenvalue weighted by Crippen LogP contribution is 2.23. The molecule has 1 fully saturated rings. The van der Waals surface area contributed by atoms with E-state index < -0.39 is 0 Å². The molecule has 0 aliphatic carbocycles. The predicted octanol–water partition coefficient (Wildman–Crippen LogP) is 3.26. The number of hydrogen-bond acceptors (Lipinski definition) is 3. The minimum atomic E-state index is 0.0451. The quantitative estimate of drug-likeness (QED) is 0.866. The van der Waals surface area contributed by atoms with Gasteiger partial charge in [0.25, 0.3) is 5.91 Å². The summed E-state index contributed by atoms with van der Waals surface area (Å²) in [5.74, 6) is 1.65. The number of amides is 1. The van der Waals surface area contributed by atoms with Gasteiger partial charge in [-0.1, -0.05) is 6.07 Å². The molecule has 1 aliphatic heterocycles. The highest BCUT2D eigenvalue weighted by Gasteiger charge is 2.26. The fourth-order valence-electron chi connectivity index (χ4n) is 3.68. The second kappa shape index (κ2) is 7.16. The SMILES string of the molecule is Cc1cnc(CC2CCCN(C(=O)c3ccccn3)C2)n1C(C)C. The van der Waals surface area contributed by atoms with Crippen molar-refractivity contribution in [2.24, 2.45) is 5.92 Å². The van der Waals surface area contributed by atoms with Crippen LogP contribution in [-0.4, -0.2) is 38.4 Å². The average molecular weight is 326 g/mol. The Labute approximate surface area is 143 Å². The van der Waals surface area contributed by atoms with Crippen molar-refractivity contribution in [3.63, 3.8) is 0 Å². The predicted molar refractivity (Wildman–Crippen MR) is 93.9 cm³/mol. The van der Waals surface area contributed by atoms with Crippen LogP contribution in [0.1, 0.15) is 54.7 Å². The molecule has 5 nitrogen and oxygen atoms in total. The van der Waals surface area contributed by atoms with Crippen molar-refractivity contribution < 1.29 is 4.79 Å². The number of piperidine rings is 1. The number of rotatable bonds is 4. The number of carbonyl (C=O) groups is 1. The number of pyridine rings is 1. The van der Waals surface area contributed by atoms with E-state index in [0.717, 1.165) is 38.2 Å². The third-order valence-corrected chi connectivity index (χ3v) is 4.74. The Hall–Kier alpha value is -2.17. The van der Waals surface area contributed by atoms with Crippen LogP contribution in [0.2, 0.25) is 0 Å². The van der Waals surface area contributed by atoms with E-state index in [1.807, 2.05) is 23.2 Å². The summed E-state index contributed by atoms with van der Waals surface area (Å²) in [6, 6.07) is 5.91. The summed E-state index contributed by atoms with van der Waals surface area (Å²) in [7, 11) is 0. The van der Waals surface area contributed by atoms with E-state index >= 15 is 0 Å². The van der Waals surface area contributed by atoms with E-state index in [-0.39, 0.29) is 5.91 Å². The van der Waals surface area contributed by atoms with Gasteiger partial charge in [-0.25, -0.2) is 4.98 Å². The molecule has 3 heterocycles. The van der Waals surface area contributed by atoms with Crippen LogP contribution in [0.5, 0.6) is 0 Å². The molecule has 1 amide bonds. The molecular formula is C19H26N4O. The maximum Gasteiger partial charge on any atom is 0.272 e. The van der Waals surface area contributed by atoms with Gasteiger partial charge in [0.15, 0.2) is 0 Å². The second-order valence-electron chi connectivity index (χ2n) is 6.96. The van der Waals surface area contributed by atoms with Crippen molar-refractivity contribution in [3.05, 3.63) is 47.8 Å². The molecule has 24 heavy (non-hydrogen) atoms. The van der Waals surface area contributed by atoms with Gasteiger partial charge in [0.05, 0.1) is 0 Å². The van der Waals surface area contributed by atoms with Crippen molar-refractivity contribution in [2.45, 2.75) is 46.1 Å². The van der Waals surface area contributed by atoms with Crippen LogP contribution in [0.3, 0.4) is 0 Å². The van der Waals surface area contributed by atoms with Crippen molar-refractivity contribution in [3.8, 4) is 0 Å². The van der Waals surface area contributed by atoms with Gasteiger partial charge < -0.3 is 9.47 Å². The zero-order valence-electron chi connectivity index (χ0n) is 14.8. The zero-order valence-corrected chi connectivity index (χ0v) is 14.8. The molecule has 1 unspecified atom stereocenters. The number of likely N-dealkylation sites (tertiary alicyclic amines) is 1. The summed E-state index contributed by atoms with van der Waals surface area (Å²) in [5, 5.41) is 0. The number of hydrogen-bond donors (Lipinski definition) is 0. The summed E-state index contributed by atoms with van der Waals surface area (Å²) in [4.78, 5) is 23.4. The smallest absolute Gasteiger partial charge is 0.272 e. The van der Waals surface area contributed by atoms with Gasteiger partial charge in [-0.05, 0) is 51.7 Å². The molecule has 1 aliphatic rings. The third-order valence-electron chi connectivity index (χ3n) is 4.74. The van der Waals surface area contributed by atoms with Crippen molar-refractivity contribution in [2.75, 3.05) is 13.1 Å². The van der Waals surface area contributed by atoms with E-state index in [1.54, 1.807) is 12.3 Å². The Bertz CT molecular complexity index is 693. The molecule has 2 aromatic heterocycles. The van der Waals surface area contributed by atoms with E-state index in [0.29, 0.717) is 17.7 Å². The number of nitrogens with zero attached hydrogens (tertiary/aromatic N) is 4. The summed E-state index contributed by atoms with van der Waals surface area (Å²) in [5.41, 5.74) is 1.75. The third kappa shape index (κ3) is 3.50. The molecule has 3 rings (SSSR count). The Morgan fingerprint density at radius 2 is 2.17 bits per heavy atom. The van der Waals surface area contributed by atoms with Crippen LogP contribution in [0.4, 0.5) is 0 Å². The summed E-state index contributed by atoms with van der Waals surface area (Å²) in [6.45, 7) is 8.10. The lowest BCUT2D eigenvalue weighted by atomic mass is 9.94. The van der Waals surface area contributed by atoms with E-state index in [9.17, 15) is 4.79 Å². The lowest BCUT2D eigenvalue weighted by Gasteiger charge is -2.32. The topological polar surface area (TPSA) is 51.0 Å². The fraction of sp³-hybridized carbons (Fsp3) is 0.526. The number of carbonyl (C=O) groups excluding carboxylic acids is 1. The van der Waals surface area contributed by atoms with E-state index in [2.05, 4.69) is 35.3 Å². The Balaban J connectivity index is 1.69. The molecule has 0 N–H and O–H groups in total. The normalized spacial score (nSPS) is 18.2. The standard InChI is InChI=1S/C19H26N4O/c1-14(2)23-15(3)12-21-18(23)11-16-7-6-10-22(13-16)19(24)17-8-4-5-9-20-17/h4-5,8-9,12,14,16H,6-7,10-11,13H2,1-3H3. The van der Waals surface area contributed by atoms with Crippen molar-refractivity contribution >= 4 is 5.91 Å². The Kier molecular flexibility index (Phi) is 4.97. The Morgan fingerprint density at radius 3 is 2.88 bits per heavy atom. The largest absolute Gasteiger partial charge is 0.337 e. The van der Waals surface area contributed by atoms with Gasteiger partial charge in [-0.15, -0.1) is 0 Å². The summed E-state index contributed by atoms with van der Waals surface area (Å²) >= 11 is 0. The molecule has 0 saturated carbocycles. The molecule has 0 spiro atoms. The van der Waals surface area contributed by atoms with Crippen LogP contribution in [0.15, 0.2) is 30.6 Å². The second-order valence-corrected chi connectivity index (χ2v) is 6.96. The molecule has 0 radical (unpaired) electrons. The Morgan fingerprint density at radius 1 is 1.33 bits per heavy atom. The molecule has 1 atom stereocenters.